The predicted molar refractivity (Wildman–Crippen MR) is 71.5 cm³/mol. The van der Waals surface area contributed by atoms with Crippen molar-refractivity contribution in [3.63, 3.8) is 0 Å². The summed E-state index contributed by atoms with van der Waals surface area (Å²) in [6, 6.07) is -0.342. The third kappa shape index (κ3) is 3.47. The molecule has 0 aromatic carbocycles. The Bertz CT molecular complexity index is 340. The minimum Gasteiger partial charge on any atom is -0.381 e. The monoisotopic (exact) mass is 268 g/mol. The van der Waals surface area contributed by atoms with E-state index in [-0.39, 0.29) is 30.3 Å². The number of carbonyl (C=O) groups excluding carboxylic acids is 2. The summed E-state index contributed by atoms with van der Waals surface area (Å²) in [4.78, 5) is 25.8. The van der Waals surface area contributed by atoms with Crippen LogP contribution in [-0.2, 0) is 14.3 Å². The molecule has 0 aliphatic carbocycles. The number of amides is 2. The number of hydrogen-bond donors (Lipinski definition) is 1. The van der Waals surface area contributed by atoms with Gasteiger partial charge in [-0.1, -0.05) is 20.3 Å². The highest BCUT2D eigenvalue weighted by Crippen LogP contribution is 2.19. The van der Waals surface area contributed by atoms with Crippen molar-refractivity contribution in [2.75, 3.05) is 26.3 Å². The summed E-state index contributed by atoms with van der Waals surface area (Å²) in [7, 11) is 0. The topological polar surface area (TPSA) is 58.6 Å². The van der Waals surface area contributed by atoms with E-state index < -0.39 is 0 Å². The van der Waals surface area contributed by atoms with Crippen LogP contribution in [0.5, 0.6) is 0 Å². The van der Waals surface area contributed by atoms with E-state index in [1.807, 2.05) is 13.8 Å². The minimum absolute atomic E-state index is 0.0347. The second-order valence-corrected chi connectivity index (χ2v) is 5.71. The average Bonchev–Trinajstić information content (AvgIpc) is 2.91. The molecule has 0 bridgehead atoms. The van der Waals surface area contributed by atoms with Crippen LogP contribution in [0, 0.1) is 11.8 Å². The van der Waals surface area contributed by atoms with Crippen molar-refractivity contribution >= 4 is 11.8 Å². The second kappa shape index (κ2) is 6.37. The predicted octanol–water partition coefficient (Wildman–Crippen LogP) is 0.786. The Labute approximate surface area is 114 Å². The lowest BCUT2D eigenvalue weighted by molar-refractivity contribution is -0.145. The van der Waals surface area contributed by atoms with E-state index in [4.69, 9.17) is 4.74 Å². The molecule has 2 heterocycles. The molecule has 5 heteroatoms. The number of carbonyl (C=O) groups is 2. The Balaban J connectivity index is 1.90. The van der Waals surface area contributed by atoms with E-state index in [2.05, 4.69) is 5.32 Å². The molecule has 2 amide bonds. The number of nitrogens with zero attached hydrogens (tertiary/aromatic N) is 1. The largest absolute Gasteiger partial charge is 0.381 e. The molecule has 5 nitrogen and oxygen atoms in total. The molecule has 2 aliphatic rings. The highest BCUT2D eigenvalue weighted by molar-refractivity contribution is 5.95. The lowest BCUT2D eigenvalue weighted by atomic mass is 9.95. The number of nitrogens with one attached hydrogen (secondary N) is 1. The van der Waals surface area contributed by atoms with Crippen LogP contribution in [0.1, 0.15) is 33.1 Å². The van der Waals surface area contributed by atoms with Gasteiger partial charge in [-0.3, -0.25) is 9.59 Å². The smallest absolute Gasteiger partial charge is 0.245 e. The van der Waals surface area contributed by atoms with Crippen molar-refractivity contribution in [3.05, 3.63) is 0 Å². The number of piperazine rings is 1. The van der Waals surface area contributed by atoms with Gasteiger partial charge in [0, 0.05) is 19.8 Å². The Morgan fingerprint density at radius 2 is 2.26 bits per heavy atom. The van der Waals surface area contributed by atoms with E-state index in [0.717, 1.165) is 32.5 Å². The third-order valence-electron chi connectivity index (χ3n) is 4.27. The van der Waals surface area contributed by atoms with E-state index in [1.54, 1.807) is 4.90 Å². The van der Waals surface area contributed by atoms with Gasteiger partial charge in [-0.15, -0.1) is 0 Å². The summed E-state index contributed by atoms with van der Waals surface area (Å²) in [5.74, 6) is 0.773. The van der Waals surface area contributed by atoms with Gasteiger partial charge in [-0.05, 0) is 24.7 Å². The fourth-order valence-electron chi connectivity index (χ4n) is 2.69. The van der Waals surface area contributed by atoms with Crippen molar-refractivity contribution in [2.45, 2.75) is 39.2 Å². The molecule has 0 aromatic heterocycles. The maximum absolute atomic E-state index is 12.4. The summed E-state index contributed by atoms with van der Waals surface area (Å²) in [6.07, 6.45) is 2.90. The van der Waals surface area contributed by atoms with Gasteiger partial charge in [0.2, 0.25) is 11.8 Å². The van der Waals surface area contributed by atoms with Gasteiger partial charge in [0.1, 0.15) is 6.04 Å². The summed E-state index contributed by atoms with van der Waals surface area (Å²) < 4.78 is 5.34. The fourth-order valence-corrected chi connectivity index (χ4v) is 2.69. The SMILES string of the molecule is CCC(C)C1NC(=O)CN(CCC2CCOC2)C1=O. The van der Waals surface area contributed by atoms with Gasteiger partial charge in [0.15, 0.2) is 0 Å². The van der Waals surface area contributed by atoms with Crippen molar-refractivity contribution in [1.82, 2.24) is 10.2 Å². The summed E-state index contributed by atoms with van der Waals surface area (Å²) in [5, 5.41) is 2.82. The van der Waals surface area contributed by atoms with E-state index in [1.165, 1.54) is 0 Å². The van der Waals surface area contributed by atoms with Crippen LogP contribution in [0.4, 0.5) is 0 Å². The van der Waals surface area contributed by atoms with Crippen molar-refractivity contribution in [1.29, 1.82) is 0 Å². The fraction of sp³-hybridized carbons (Fsp3) is 0.857. The molecule has 0 aromatic rings. The van der Waals surface area contributed by atoms with E-state index in [0.29, 0.717) is 12.5 Å². The zero-order chi connectivity index (χ0) is 13.8. The molecule has 2 fully saturated rings. The molecule has 2 aliphatic heterocycles. The first kappa shape index (κ1) is 14.3. The number of hydrogen-bond acceptors (Lipinski definition) is 3. The van der Waals surface area contributed by atoms with Crippen LogP contribution in [0.25, 0.3) is 0 Å². The van der Waals surface area contributed by atoms with Crippen LogP contribution >= 0.6 is 0 Å². The first-order valence-corrected chi connectivity index (χ1v) is 7.27. The van der Waals surface area contributed by atoms with Crippen LogP contribution in [-0.4, -0.2) is 49.1 Å². The maximum Gasteiger partial charge on any atom is 0.245 e. The molecule has 2 rings (SSSR count). The highest BCUT2D eigenvalue weighted by atomic mass is 16.5. The van der Waals surface area contributed by atoms with Crippen LogP contribution in [0.15, 0.2) is 0 Å². The summed E-state index contributed by atoms with van der Waals surface area (Å²) in [6.45, 7) is 6.56. The van der Waals surface area contributed by atoms with Gasteiger partial charge in [0.05, 0.1) is 6.54 Å². The molecule has 1 N–H and O–H groups in total. The van der Waals surface area contributed by atoms with Crippen molar-refractivity contribution in [2.24, 2.45) is 11.8 Å². The molecule has 0 saturated carbocycles. The van der Waals surface area contributed by atoms with Gasteiger partial charge in [0.25, 0.3) is 0 Å². The zero-order valence-corrected chi connectivity index (χ0v) is 11.9. The van der Waals surface area contributed by atoms with E-state index >= 15 is 0 Å². The molecule has 108 valence electrons. The van der Waals surface area contributed by atoms with E-state index in [9.17, 15) is 9.59 Å². The minimum atomic E-state index is -0.342. The molecule has 0 radical (unpaired) electrons. The molecular weight excluding hydrogens is 244 g/mol. The normalized spacial score (nSPS) is 29.5. The molecular formula is C14H24N2O3. The van der Waals surface area contributed by atoms with Crippen LogP contribution in [0.3, 0.4) is 0 Å². The standard InChI is InChI=1S/C14H24N2O3/c1-3-10(2)13-14(18)16(8-12(17)15-13)6-4-11-5-7-19-9-11/h10-11,13H,3-9H2,1-2H3,(H,15,17). The average molecular weight is 268 g/mol. The molecule has 19 heavy (non-hydrogen) atoms. The van der Waals surface area contributed by atoms with Gasteiger partial charge < -0.3 is 15.0 Å². The molecule has 0 spiro atoms. The Kier molecular flexibility index (Phi) is 4.80. The lowest BCUT2D eigenvalue weighted by Gasteiger charge is -2.35. The van der Waals surface area contributed by atoms with Crippen molar-refractivity contribution in [3.8, 4) is 0 Å². The van der Waals surface area contributed by atoms with Gasteiger partial charge in [-0.2, -0.15) is 0 Å². The Morgan fingerprint density at radius 1 is 1.47 bits per heavy atom. The molecule has 2 saturated heterocycles. The highest BCUT2D eigenvalue weighted by Gasteiger charge is 2.35. The third-order valence-corrected chi connectivity index (χ3v) is 4.27. The van der Waals surface area contributed by atoms with Crippen LogP contribution < -0.4 is 5.32 Å². The Morgan fingerprint density at radius 3 is 2.89 bits per heavy atom. The summed E-state index contributed by atoms with van der Waals surface area (Å²) in [5.41, 5.74) is 0. The first-order valence-electron chi connectivity index (χ1n) is 7.27. The quantitative estimate of drug-likeness (QED) is 0.802. The first-order chi connectivity index (χ1) is 9.11. The van der Waals surface area contributed by atoms with Crippen LogP contribution in [0.2, 0.25) is 0 Å². The van der Waals surface area contributed by atoms with Gasteiger partial charge >= 0.3 is 0 Å². The molecule has 3 unspecified atom stereocenters. The maximum atomic E-state index is 12.4. The zero-order valence-electron chi connectivity index (χ0n) is 11.9. The van der Waals surface area contributed by atoms with Crippen molar-refractivity contribution < 1.29 is 14.3 Å². The Hall–Kier alpha value is -1.10. The number of rotatable bonds is 5. The van der Waals surface area contributed by atoms with Gasteiger partial charge in [-0.25, -0.2) is 0 Å². The number of ether oxygens (including phenoxy) is 1. The second-order valence-electron chi connectivity index (χ2n) is 5.71. The lowest BCUT2D eigenvalue weighted by Crippen LogP contribution is -2.60. The summed E-state index contributed by atoms with van der Waals surface area (Å²) >= 11 is 0. The molecule has 3 atom stereocenters.